The lowest BCUT2D eigenvalue weighted by Gasteiger charge is -2.06. The molecule has 0 fully saturated rings. The van der Waals surface area contributed by atoms with Crippen LogP contribution in [-0.2, 0) is 0 Å². The summed E-state index contributed by atoms with van der Waals surface area (Å²) in [6.45, 7) is 0. The van der Waals surface area contributed by atoms with Crippen LogP contribution >= 0.6 is 23.4 Å². The smallest absolute Gasteiger partial charge is 0.286 e. The van der Waals surface area contributed by atoms with E-state index < -0.39 is 11.4 Å². The van der Waals surface area contributed by atoms with E-state index in [-0.39, 0.29) is 11.4 Å². The SMILES string of the molecule is N#Cc1ccc(-c2ccc(Cl)cc2)nc1SCC(=O)c1c(=O)o[nH][n+]1-c1ccccc1. The van der Waals surface area contributed by atoms with Gasteiger partial charge in [-0.1, -0.05) is 53.7 Å². The molecule has 4 rings (SSSR count). The van der Waals surface area contributed by atoms with E-state index in [9.17, 15) is 14.9 Å². The van der Waals surface area contributed by atoms with Crippen LogP contribution in [0.25, 0.3) is 16.9 Å². The Bertz CT molecular complexity index is 1340. The predicted octanol–water partition coefficient (Wildman–Crippen LogP) is 3.81. The second-order valence-corrected chi connectivity index (χ2v) is 7.78. The molecule has 0 atom stereocenters. The summed E-state index contributed by atoms with van der Waals surface area (Å²) in [6.07, 6.45) is 0. The van der Waals surface area contributed by atoms with Crippen LogP contribution in [0.3, 0.4) is 0 Å². The number of carbonyl (C=O) groups is 1. The molecule has 9 heteroatoms. The minimum atomic E-state index is -0.766. The molecule has 2 aromatic carbocycles. The quantitative estimate of drug-likeness (QED) is 0.273. The number of nitrogens with one attached hydrogen (secondary N) is 1. The number of H-pyrrole nitrogens is 1. The zero-order valence-electron chi connectivity index (χ0n) is 15.9. The lowest BCUT2D eigenvalue weighted by molar-refractivity contribution is -0.672. The van der Waals surface area contributed by atoms with E-state index in [1.807, 2.05) is 18.2 Å². The van der Waals surface area contributed by atoms with Crippen molar-refractivity contribution < 1.29 is 14.0 Å². The fraction of sp³-hybridized carbons (Fsp3) is 0.0455. The Kier molecular flexibility index (Phi) is 5.98. The number of nitrogens with zero attached hydrogens (tertiary/aromatic N) is 3. The van der Waals surface area contributed by atoms with Gasteiger partial charge in [0.25, 0.3) is 0 Å². The number of carbonyl (C=O) groups excluding carboxylic acids is 1. The van der Waals surface area contributed by atoms with Crippen LogP contribution in [0.2, 0.25) is 5.02 Å². The van der Waals surface area contributed by atoms with Gasteiger partial charge in [0.15, 0.2) is 0 Å². The minimum Gasteiger partial charge on any atom is -0.286 e. The summed E-state index contributed by atoms with van der Waals surface area (Å²) in [6, 6.07) is 21.5. The number of aromatic nitrogens is 3. The fourth-order valence-electron chi connectivity index (χ4n) is 2.89. The first-order valence-electron chi connectivity index (χ1n) is 9.09. The van der Waals surface area contributed by atoms with Gasteiger partial charge in [-0.05, 0) is 34.2 Å². The maximum Gasteiger partial charge on any atom is 0.438 e. The number of nitriles is 1. The van der Waals surface area contributed by atoms with Gasteiger partial charge in [-0.15, -0.1) is 0 Å². The van der Waals surface area contributed by atoms with Gasteiger partial charge >= 0.3 is 11.3 Å². The van der Waals surface area contributed by atoms with Crippen LogP contribution in [0.15, 0.2) is 81.1 Å². The van der Waals surface area contributed by atoms with Crippen LogP contribution in [0.4, 0.5) is 0 Å². The zero-order valence-corrected chi connectivity index (χ0v) is 17.5. The predicted molar refractivity (Wildman–Crippen MR) is 115 cm³/mol. The van der Waals surface area contributed by atoms with E-state index in [4.69, 9.17) is 16.1 Å². The van der Waals surface area contributed by atoms with Crippen molar-refractivity contribution in [3.63, 3.8) is 0 Å². The maximum atomic E-state index is 12.8. The molecule has 4 aromatic rings. The van der Waals surface area contributed by atoms with Crippen LogP contribution in [0.1, 0.15) is 16.1 Å². The second kappa shape index (κ2) is 9.00. The Hall–Kier alpha value is -3.67. The highest BCUT2D eigenvalue weighted by molar-refractivity contribution is 8.00. The van der Waals surface area contributed by atoms with Crippen molar-refractivity contribution in [2.45, 2.75) is 5.03 Å². The largest absolute Gasteiger partial charge is 0.438 e. The summed E-state index contributed by atoms with van der Waals surface area (Å²) in [7, 11) is 0. The van der Waals surface area contributed by atoms with E-state index in [2.05, 4.69) is 16.3 Å². The zero-order chi connectivity index (χ0) is 21.8. The summed E-state index contributed by atoms with van der Waals surface area (Å²) in [5.41, 5.74) is 1.50. The van der Waals surface area contributed by atoms with Crippen LogP contribution in [-0.4, -0.2) is 21.8 Å². The van der Waals surface area contributed by atoms with Gasteiger partial charge in [0.1, 0.15) is 11.1 Å². The Labute approximate surface area is 185 Å². The third-order valence-corrected chi connectivity index (χ3v) is 5.63. The molecule has 0 unspecified atom stereocenters. The first-order chi connectivity index (χ1) is 15.1. The van der Waals surface area contributed by atoms with Crippen molar-refractivity contribution in [1.82, 2.24) is 10.3 Å². The van der Waals surface area contributed by atoms with Crippen molar-refractivity contribution in [3.8, 4) is 23.0 Å². The highest BCUT2D eigenvalue weighted by atomic mass is 35.5. The molecule has 0 radical (unpaired) electrons. The summed E-state index contributed by atoms with van der Waals surface area (Å²) >= 11 is 7.02. The average molecular weight is 450 g/mol. The van der Waals surface area contributed by atoms with Crippen molar-refractivity contribution in [2.24, 2.45) is 0 Å². The molecule has 0 saturated carbocycles. The van der Waals surface area contributed by atoms with Gasteiger partial charge in [0, 0.05) is 22.7 Å². The van der Waals surface area contributed by atoms with Gasteiger partial charge in [0.05, 0.1) is 17.0 Å². The van der Waals surface area contributed by atoms with Gasteiger partial charge < -0.3 is 0 Å². The topological polar surface area (TPSA) is 104 Å². The van der Waals surface area contributed by atoms with Gasteiger partial charge in [-0.2, -0.15) is 5.26 Å². The number of hydrogen-bond acceptors (Lipinski definition) is 6. The van der Waals surface area contributed by atoms with E-state index in [0.29, 0.717) is 27.0 Å². The molecular weight excluding hydrogens is 436 g/mol. The molecule has 0 amide bonds. The third kappa shape index (κ3) is 4.43. The Balaban J connectivity index is 1.60. The molecule has 0 aliphatic carbocycles. The average Bonchev–Trinajstić information content (AvgIpc) is 3.20. The number of ketones is 1. The maximum absolute atomic E-state index is 12.8. The standard InChI is InChI=1S/C22H13ClN4O3S/c23-16-9-6-14(7-10-16)18-11-8-15(12-24)21(25-18)31-13-19(28)20-22(29)30-26-27(20)17-4-2-1-3-5-17/h1-11H,13H2/p+1. The van der Waals surface area contributed by atoms with E-state index >= 15 is 0 Å². The molecule has 0 aliphatic rings. The summed E-state index contributed by atoms with van der Waals surface area (Å²) in [5, 5.41) is 12.9. The molecule has 7 nitrogen and oxygen atoms in total. The second-order valence-electron chi connectivity index (χ2n) is 6.38. The van der Waals surface area contributed by atoms with Crippen LogP contribution < -0.4 is 10.3 Å². The molecule has 0 aliphatic heterocycles. The highest BCUT2D eigenvalue weighted by Gasteiger charge is 2.30. The Morgan fingerprint density at radius 3 is 2.58 bits per heavy atom. The first kappa shape index (κ1) is 20.6. The number of Topliss-reactive ketones (excluding diaryl/α,β-unsaturated/α-hetero) is 1. The van der Waals surface area contributed by atoms with Gasteiger partial charge in [-0.3, -0.25) is 9.32 Å². The monoisotopic (exact) mass is 449 g/mol. The molecule has 152 valence electrons. The number of benzene rings is 2. The normalized spacial score (nSPS) is 10.6. The van der Waals surface area contributed by atoms with Gasteiger partial charge in [-0.25, -0.2) is 9.78 Å². The Morgan fingerprint density at radius 1 is 1.13 bits per heavy atom. The molecule has 1 N–H and O–H groups in total. The number of thioether (sulfide) groups is 1. The summed E-state index contributed by atoms with van der Waals surface area (Å²) < 4.78 is 6.13. The summed E-state index contributed by atoms with van der Waals surface area (Å²) in [5.74, 6) is -0.548. The molecular formula is C22H14ClN4O3S+. The van der Waals surface area contributed by atoms with E-state index in [1.54, 1.807) is 48.5 Å². The van der Waals surface area contributed by atoms with Crippen molar-refractivity contribution in [1.29, 1.82) is 5.26 Å². The lowest BCUT2D eigenvalue weighted by atomic mass is 10.1. The Morgan fingerprint density at radius 2 is 1.87 bits per heavy atom. The lowest BCUT2D eigenvalue weighted by Crippen LogP contribution is -2.41. The molecule has 2 heterocycles. The highest BCUT2D eigenvalue weighted by Crippen LogP contribution is 2.26. The first-order valence-corrected chi connectivity index (χ1v) is 10.4. The third-order valence-electron chi connectivity index (χ3n) is 4.39. The van der Waals surface area contributed by atoms with E-state index in [1.165, 1.54) is 4.68 Å². The van der Waals surface area contributed by atoms with Crippen LogP contribution in [0, 0.1) is 11.3 Å². The molecule has 0 spiro atoms. The number of hydrogen-bond donors (Lipinski definition) is 1. The number of halogens is 1. The van der Waals surface area contributed by atoms with Gasteiger partial charge in [0.2, 0.25) is 11.5 Å². The van der Waals surface area contributed by atoms with Crippen molar-refractivity contribution in [3.05, 3.63) is 93.4 Å². The fourth-order valence-corrected chi connectivity index (χ4v) is 3.85. The minimum absolute atomic E-state index is 0.0960. The number of rotatable bonds is 6. The number of para-hydroxylation sites is 1. The number of pyridine rings is 1. The molecule has 31 heavy (non-hydrogen) atoms. The van der Waals surface area contributed by atoms with Crippen molar-refractivity contribution >= 4 is 29.1 Å². The molecule has 2 aromatic heterocycles. The summed E-state index contributed by atoms with van der Waals surface area (Å²) in [4.78, 5) is 29.5. The van der Waals surface area contributed by atoms with Crippen molar-refractivity contribution in [2.75, 3.05) is 5.75 Å². The molecule has 0 bridgehead atoms. The van der Waals surface area contributed by atoms with E-state index in [0.717, 1.165) is 17.3 Å². The number of aromatic amines is 1. The van der Waals surface area contributed by atoms with Crippen LogP contribution in [0.5, 0.6) is 0 Å². The molecule has 0 saturated heterocycles.